The van der Waals surface area contributed by atoms with E-state index in [1.807, 2.05) is 43.8 Å². The molecular formula is C20H28BrN3O2. The molecule has 0 N–H and O–H groups in total. The molecule has 0 atom stereocenters. The van der Waals surface area contributed by atoms with Crippen LogP contribution in [0.5, 0.6) is 0 Å². The third-order valence-corrected chi connectivity index (χ3v) is 5.35. The Morgan fingerprint density at radius 2 is 2.00 bits per heavy atom. The number of ether oxygens (including phenoxy) is 1. The fourth-order valence-corrected chi connectivity index (χ4v) is 3.34. The molecule has 0 aliphatic carbocycles. The molecule has 5 nitrogen and oxygen atoms in total. The summed E-state index contributed by atoms with van der Waals surface area (Å²) >= 11 is 3.50. The van der Waals surface area contributed by atoms with Crippen molar-refractivity contribution in [2.24, 2.45) is 12.0 Å². The lowest BCUT2D eigenvalue weighted by Crippen LogP contribution is -2.27. The molecule has 1 amide bonds. The maximum absolute atomic E-state index is 12.8. The molecule has 0 bridgehead atoms. The fraction of sp³-hybridized carbons (Fsp3) is 0.500. The predicted octanol–water partition coefficient (Wildman–Crippen LogP) is 3.97. The lowest BCUT2D eigenvalue weighted by Gasteiger charge is -2.20. The smallest absolute Gasteiger partial charge is 0.280 e. The van der Waals surface area contributed by atoms with Crippen LogP contribution in [0, 0.1) is 6.92 Å². The minimum atomic E-state index is -0.253. The average Bonchev–Trinajstić information content (AvgIpc) is 2.87. The molecule has 0 aliphatic heterocycles. The van der Waals surface area contributed by atoms with E-state index in [0.717, 1.165) is 15.7 Å². The highest BCUT2D eigenvalue weighted by molar-refractivity contribution is 9.10. The van der Waals surface area contributed by atoms with E-state index in [1.165, 1.54) is 0 Å². The van der Waals surface area contributed by atoms with Crippen molar-refractivity contribution < 1.29 is 9.53 Å². The third-order valence-electron chi connectivity index (χ3n) is 4.30. The maximum atomic E-state index is 12.8. The van der Waals surface area contributed by atoms with E-state index in [-0.39, 0.29) is 11.3 Å². The highest BCUT2D eigenvalue weighted by atomic mass is 79.9. The van der Waals surface area contributed by atoms with Crippen LogP contribution in [-0.4, -0.2) is 28.5 Å². The number of aromatic nitrogens is 2. The van der Waals surface area contributed by atoms with Gasteiger partial charge in [-0.3, -0.25) is 14.2 Å². The lowest BCUT2D eigenvalue weighted by atomic mass is 9.92. The van der Waals surface area contributed by atoms with Crippen LogP contribution >= 0.6 is 15.9 Å². The number of hydrogen-bond acceptors (Lipinski definition) is 2. The Bertz CT molecular complexity index is 857. The largest absolute Gasteiger partial charge is 0.380 e. The van der Waals surface area contributed by atoms with Crippen LogP contribution in [0.25, 0.3) is 0 Å². The Balaban J connectivity index is 2.53. The molecule has 0 aliphatic rings. The monoisotopic (exact) mass is 421 g/mol. The Hall–Kier alpha value is -1.66. The van der Waals surface area contributed by atoms with Gasteiger partial charge in [0.25, 0.3) is 5.91 Å². The van der Waals surface area contributed by atoms with Crippen LogP contribution in [-0.2, 0) is 23.7 Å². The van der Waals surface area contributed by atoms with Crippen LogP contribution in [0.1, 0.15) is 49.3 Å². The van der Waals surface area contributed by atoms with Gasteiger partial charge in [0.2, 0.25) is 0 Å². The Morgan fingerprint density at radius 3 is 2.62 bits per heavy atom. The Morgan fingerprint density at radius 1 is 1.31 bits per heavy atom. The molecule has 2 rings (SSSR count). The van der Waals surface area contributed by atoms with Crippen LogP contribution in [0.3, 0.4) is 0 Å². The van der Waals surface area contributed by atoms with Crippen molar-refractivity contribution in [3.05, 3.63) is 51.0 Å². The highest BCUT2D eigenvalue weighted by Gasteiger charge is 2.21. The van der Waals surface area contributed by atoms with Gasteiger partial charge in [-0.25, -0.2) is 0 Å². The van der Waals surface area contributed by atoms with E-state index in [4.69, 9.17) is 4.74 Å². The van der Waals surface area contributed by atoms with Crippen LogP contribution in [0.15, 0.2) is 33.7 Å². The molecule has 2 aromatic rings. The van der Waals surface area contributed by atoms with Gasteiger partial charge in [0.05, 0.1) is 18.7 Å². The molecule has 0 unspecified atom stereocenters. The molecule has 6 heteroatoms. The number of halogens is 1. The zero-order valence-corrected chi connectivity index (χ0v) is 18.1. The predicted molar refractivity (Wildman–Crippen MR) is 107 cm³/mol. The zero-order chi connectivity index (χ0) is 19.5. The molecule has 26 heavy (non-hydrogen) atoms. The molecule has 1 heterocycles. The third kappa shape index (κ3) is 4.54. The summed E-state index contributed by atoms with van der Waals surface area (Å²) in [4.78, 5) is 17.2. The van der Waals surface area contributed by atoms with Gasteiger partial charge in [-0.2, -0.15) is 4.99 Å². The molecule has 0 radical (unpaired) electrons. The minimum absolute atomic E-state index is 0.0527. The fourth-order valence-electron chi connectivity index (χ4n) is 2.90. The van der Waals surface area contributed by atoms with Gasteiger partial charge < -0.3 is 4.74 Å². The molecular weight excluding hydrogens is 394 g/mol. The first kappa shape index (κ1) is 20.6. The SMILES string of the molecule is CCOCCn1/c(=N/C(=O)c2cccc(C)c2Br)cc(C(C)(C)C)n1C. The minimum Gasteiger partial charge on any atom is -0.380 e. The lowest BCUT2D eigenvalue weighted by molar-refractivity contribution is 0.0993. The van der Waals surface area contributed by atoms with Crippen molar-refractivity contribution in [3.63, 3.8) is 0 Å². The average molecular weight is 422 g/mol. The molecule has 0 saturated heterocycles. The topological polar surface area (TPSA) is 48.5 Å². The van der Waals surface area contributed by atoms with Gasteiger partial charge >= 0.3 is 0 Å². The number of carbonyl (C=O) groups is 1. The first-order valence-electron chi connectivity index (χ1n) is 8.86. The van der Waals surface area contributed by atoms with Crippen molar-refractivity contribution in [2.75, 3.05) is 13.2 Å². The second kappa shape index (κ2) is 8.35. The van der Waals surface area contributed by atoms with Crippen molar-refractivity contribution in [3.8, 4) is 0 Å². The van der Waals surface area contributed by atoms with Crippen LogP contribution < -0.4 is 5.49 Å². The van der Waals surface area contributed by atoms with Gasteiger partial charge in [0.1, 0.15) is 0 Å². The summed E-state index contributed by atoms with van der Waals surface area (Å²) in [6.45, 7) is 12.3. The summed E-state index contributed by atoms with van der Waals surface area (Å²) in [6, 6.07) is 7.62. The number of benzene rings is 1. The molecule has 0 fully saturated rings. The number of aryl methyl sites for hydroxylation is 1. The number of carbonyl (C=O) groups excluding carboxylic acids is 1. The standard InChI is InChI=1S/C20H28BrN3O2/c1-7-26-12-11-24-17(13-16(23(24)6)20(3,4)5)22-19(25)15-10-8-9-14(2)18(15)21/h8-10,13H,7,11-12H2,1-6H3/b22-17+. The van der Waals surface area contributed by atoms with E-state index in [2.05, 4.69) is 46.4 Å². The molecule has 0 spiro atoms. The van der Waals surface area contributed by atoms with Crippen LogP contribution in [0.4, 0.5) is 0 Å². The van der Waals surface area contributed by atoms with Gasteiger partial charge in [-0.05, 0) is 41.4 Å². The summed E-state index contributed by atoms with van der Waals surface area (Å²) in [7, 11) is 2.00. The zero-order valence-electron chi connectivity index (χ0n) is 16.5. The number of nitrogens with zero attached hydrogens (tertiary/aromatic N) is 3. The van der Waals surface area contributed by atoms with Crippen molar-refractivity contribution in [1.82, 2.24) is 9.36 Å². The molecule has 0 saturated carbocycles. The van der Waals surface area contributed by atoms with Crippen molar-refractivity contribution in [2.45, 2.75) is 46.6 Å². The second-order valence-electron chi connectivity index (χ2n) is 7.33. The summed E-state index contributed by atoms with van der Waals surface area (Å²) in [5.41, 5.74) is 3.30. The summed E-state index contributed by atoms with van der Waals surface area (Å²) < 4.78 is 10.4. The van der Waals surface area contributed by atoms with E-state index >= 15 is 0 Å². The van der Waals surface area contributed by atoms with E-state index < -0.39 is 0 Å². The summed E-state index contributed by atoms with van der Waals surface area (Å²) in [6.07, 6.45) is 0. The number of rotatable bonds is 5. The van der Waals surface area contributed by atoms with E-state index in [0.29, 0.717) is 30.8 Å². The normalized spacial score (nSPS) is 12.7. The quantitative estimate of drug-likeness (QED) is 0.685. The summed E-state index contributed by atoms with van der Waals surface area (Å²) in [5.74, 6) is -0.253. The van der Waals surface area contributed by atoms with Gasteiger partial charge in [-0.15, -0.1) is 0 Å². The van der Waals surface area contributed by atoms with Gasteiger partial charge in [-0.1, -0.05) is 32.9 Å². The Labute approximate surface area is 163 Å². The first-order valence-corrected chi connectivity index (χ1v) is 9.65. The molecule has 1 aromatic carbocycles. The second-order valence-corrected chi connectivity index (χ2v) is 8.13. The summed E-state index contributed by atoms with van der Waals surface area (Å²) in [5, 5.41) is 0. The van der Waals surface area contributed by atoms with Crippen LogP contribution in [0.2, 0.25) is 0 Å². The Kier molecular flexibility index (Phi) is 6.64. The highest BCUT2D eigenvalue weighted by Crippen LogP contribution is 2.22. The maximum Gasteiger partial charge on any atom is 0.280 e. The van der Waals surface area contributed by atoms with Crippen molar-refractivity contribution >= 4 is 21.8 Å². The first-order chi connectivity index (χ1) is 12.2. The number of amides is 1. The van der Waals surface area contributed by atoms with E-state index in [1.54, 1.807) is 6.07 Å². The molecule has 142 valence electrons. The van der Waals surface area contributed by atoms with E-state index in [9.17, 15) is 4.79 Å². The van der Waals surface area contributed by atoms with Crippen molar-refractivity contribution in [1.29, 1.82) is 0 Å². The van der Waals surface area contributed by atoms with Gasteiger partial charge in [0, 0.05) is 35.3 Å². The van der Waals surface area contributed by atoms with Gasteiger partial charge in [0.15, 0.2) is 5.49 Å². The molecule has 1 aromatic heterocycles. The number of hydrogen-bond donors (Lipinski definition) is 0.